The molecule has 158 valence electrons. The highest BCUT2D eigenvalue weighted by Crippen LogP contribution is 2.42. The van der Waals surface area contributed by atoms with Crippen molar-refractivity contribution < 1.29 is 32.1 Å². The third-order valence-electron chi connectivity index (χ3n) is 4.82. The summed E-state index contributed by atoms with van der Waals surface area (Å²) in [7, 11) is 3.03. The summed E-state index contributed by atoms with van der Waals surface area (Å²) in [4.78, 5) is 0. The van der Waals surface area contributed by atoms with Crippen LogP contribution in [0, 0.1) is 5.92 Å². The molecular formula is C21H24F3NO4. The summed E-state index contributed by atoms with van der Waals surface area (Å²) in [5.74, 6) is 0.979. The third kappa shape index (κ3) is 5.47. The lowest BCUT2D eigenvalue weighted by Crippen LogP contribution is -2.30. The van der Waals surface area contributed by atoms with E-state index in [9.17, 15) is 13.2 Å². The van der Waals surface area contributed by atoms with Crippen LogP contribution in [0.15, 0.2) is 36.4 Å². The first-order valence-corrected chi connectivity index (χ1v) is 9.36. The van der Waals surface area contributed by atoms with E-state index in [-0.39, 0.29) is 17.4 Å². The second kappa shape index (κ2) is 9.26. The molecule has 0 aliphatic carbocycles. The van der Waals surface area contributed by atoms with Gasteiger partial charge in [0.05, 0.1) is 20.8 Å². The molecule has 0 amide bonds. The number of piperidine rings is 1. The van der Waals surface area contributed by atoms with Crippen molar-refractivity contribution in [3.63, 3.8) is 0 Å². The number of methoxy groups -OCH3 is 2. The molecule has 2 aromatic rings. The fraction of sp³-hybridized carbons (Fsp3) is 0.429. The first-order valence-electron chi connectivity index (χ1n) is 9.36. The molecule has 1 heterocycles. The Kier molecular flexibility index (Phi) is 6.74. The number of rotatable bonds is 7. The van der Waals surface area contributed by atoms with Crippen LogP contribution in [-0.2, 0) is 0 Å². The summed E-state index contributed by atoms with van der Waals surface area (Å²) in [5, 5.41) is 3.25. The van der Waals surface area contributed by atoms with Crippen LogP contribution in [-0.4, -0.2) is 40.3 Å². The van der Waals surface area contributed by atoms with Crippen LogP contribution in [0.1, 0.15) is 12.8 Å². The van der Waals surface area contributed by atoms with E-state index in [1.807, 2.05) is 0 Å². The topological polar surface area (TPSA) is 49.0 Å². The number of ether oxygens (including phenoxy) is 4. The molecule has 1 fully saturated rings. The number of para-hydroxylation sites is 1. The lowest BCUT2D eigenvalue weighted by molar-refractivity contribution is -0.275. The third-order valence-corrected chi connectivity index (χ3v) is 4.82. The van der Waals surface area contributed by atoms with E-state index >= 15 is 0 Å². The van der Waals surface area contributed by atoms with E-state index in [2.05, 4.69) is 10.1 Å². The molecule has 2 aromatic carbocycles. The zero-order valence-electron chi connectivity index (χ0n) is 16.3. The molecule has 8 heteroatoms. The number of halogens is 3. The monoisotopic (exact) mass is 411 g/mol. The zero-order valence-corrected chi connectivity index (χ0v) is 16.3. The molecule has 1 N–H and O–H groups in total. The predicted octanol–water partition coefficient (Wildman–Crippen LogP) is 4.65. The Hall–Kier alpha value is -2.61. The van der Waals surface area contributed by atoms with Gasteiger partial charge in [-0.05, 0) is 55.6 Å². The second-order valence-electron chi connectivity index (χ2n) is 6.75. The van der Waals surface area contributed by atoms with Crippen LogP contribution < -0.4 is 24.3 Å². The number of hydrogen-bond donors (Lipinski definition) is 1. The normalized spacial score (nSPS) is 15.1. The smallest absolute Gasteiger partial charge is 0.493 e. The maximum absolute atomic E-state index is 12.8. The van der Waals surface area contributed by atoms with Crippen LogP contribution in [0.2, 0.25) is 0 Å². The van der Waals surface area contributed by atoms with Crippen LogP contribution >= 0.6 is 0 Å². The summed E-state index contributed by atoms with van der Waals surface area (Å²) in [6.45, 7) is 2.08. The Morgan fingerprint density at radius 2 is 1.72 bits per heavy atom. The summed E-state index contributed by atoms with van der Waals surface area (Å²) in [6, 6.07) is 9.68. The molecule has 0 saturated carbocycles. The maximum atomic E-state index is 12.8. The van der Waals surface area contributed by atoms with Gasteiger partial charge in [0, 0.05) is 5.56 Å². The number of nitrogens with one attached hydrogen (secondary N) is 1. The lowest BCUT2D eigenvalue weighted by Gasteiger charge is -2.23. The quantitative estimate of drug-likeness (QED) is 0.719. The van der Waals surface area contributed by atoms with Gasteiger partial charge in [0.15, 0.2) is 23.0 Å². The van der Waals surface area contributed by atoms with Crippen molar-refractivity contribution in [3.05, 3.63) is 36.4 Å². The number of benzene rings is 2. The zero-order chi connectivity index (χ0) is 20.9. The predicted molar refractivity (Wildman–Crippen MR) is 103 cm³/mol. The maximum Gasteiger partial charge on any atom is 0.573 e. The van der Waals surface area contributed by atoms with Gasteiger partial charge in [0.25, 0.3) is 0 Å². The van der Waals surface area contributed by atoms with Crippen molar-refractivity contribution in [1.29, 1.82) is 0 Å². The van der Waals surface area contributed by atoms with Gasteiger partial charge in [-0.25, -0.2) is 0 Å². The Morgan fingerprint density at radius 3 is 2.38 bits per heavy atom. The molecule has 0 aromatic heterocycles. The Labute approximate surface area is 167 Å². The first-order chi connectivity index (χ1) is 13.9. The molecule has 0 unspecified atom stereocenters. The molecule has 0 radical (unpaired) electrons. The van der Waals surface area contributed by atoms with Gasteiger partial charge in [0.1, 0.15) is 0 Å². The van der Waals surface area contributed by atoms with Crippen LogP contribution in [0.3, 0.4) is 0 Å². The van der Waals surface area contributed by atoms with Crippen molar-refractivity contribution in [1.82, 2.24) is 5.32 Å². The van der Waals surface area contributed by atoms with E-state index < -0.39 is 6.36 Å². The lowest BCUT2D eigenvalue weighted by atomic mass is 9.99. The highest BCUT2D eigenvalue weighted by Gasteiger charge is 2.33. The molecule has 0 atom stereocenters. The molecule has 3 rings (SSSR count). The fourth-order valence-electron chi connectivity index (χ4n) is 3.37. The molecule has 29 heavy (non-hydrogen) atoms. The SMILES string of the molecule is COc1cccc(-c2ccc(OC(F)(F)F)c(OCC3CCNCC3)c2)c1OC. The van der Waals surface area contributed by atoms with Crippen molar-refractivity contribution >= 4 is 0 Å². The molecule has 5 nitrogen and oxygen atoms in total. The highest BCUT2D eigenvalue weighted by molar-refractivity contribution is 5.75. The Balaban J connectivity index is 1.93. The second-order valence-corrected chi connectivity index (χ2v) is 6.75. The summed E-state index contributed by atoms with van der Waals surface area (Å²) in [5.41, 5.74) is 1.31. The molecule has 0 spiro atoms. The first kappa shape index (κ1) is 21.1. The minimum Gasteiger partial charge on any atom is -0.493 e. The van der Waals surface area contributed by atoms with Gasteiger partial charge in [0.2, 0.25) is 0 Å². The molecular weight excluding hydrogens is 387 g/mol. The van der Waals surface area contributed by atoms with Gasteiger partial charge >= 0.3 is 6.36 Å². The highest BCUT2D eigenvalue weighted by atomic mass is 19.4. The molecule has 1 aliphatic rings. The van der Waals surface area contributed by atoms with Crippen LogP contribution in [0.5, 0.6) is 23.0 Å². The van der Waals surface area contributed by atoms with E-state index in [1.54, 1.807) is 24.3 Å². The van der Waals surface area contributed by atoms with Crippen molar-refractivity contribution in [2.75, 3.05) is 33.9 Å². The summed E-state index contributed by atoms with van der Waals surface area (Å²) < 4.78 is 59.2. The van der Waals surface area contributed by atoms with E-state index in [0.717, 1.165) is 25.9 Å². The van der Waals surface area contributed by atoms with Crippen LogP contribution in [0.4, 0.5) is 13.2 Å². The average Bonchev–Trinajstić information content (AvgIpc) is 2.72. The molecule has 0 bridgehead atoms. The van der Waals surface area contributed by atoms with Gasteiger partial charge in [-0.3, -0.25) is 0 Å². The molecule has 1 saturated heterocycles. The number of alkyl halides is 3. The standard InChI is InChI=1S/C21H24F3NO4/c1-26-18-5-3-4-16(20(18)27-2)15-6-7-17(29-21(22,23)24)19(12-15)28-13-14-8-10-25-11-9-14/h3-7,12,14,25H,8-11,13H2,1-2H3. The minimum absolute atomic E-state index is 0.0447. The van der Waals surface area contributed by atoms with E-state index in [1.165, 1.54) is 26.4 Å². The summed E-state index contributed by atoms with van der Waals surface area (Å²) >= 11 is 0. The largest absolute Gasteiger partial charge is 0.573 e. The fourth-order valence-corrected chi connectivity index (χ4v) is 3.37. The van der Waals surface area contributed by atoms with E-state index in [4.69, 9.17) is 14.2 Å². The van der Waals surface area contributed by atoms with Gasteiger partial charge in [-0.1, -0.05) is 18.2 Å². The van der Waals surface area contributed by atoms with Gasteiger partial charge in [-0.2, -0.15) is 0 Å². The minimum atomic E-state index is -4.80. The van der Waals surface area contributed by atoms with Crippen molar-refractivity contribution in [2.45, 2.75) is 19.2 Å². The van der Waals surface area contributed by atoms with Gasteiger partial charge < -0.3 is 24.3 Å². The van der Waals surface area contributed by atoms with Crippen LogP contribution in [0.25, 0.3) is 11.1 Å². The van der Waals surface area contributed by atoms with Crippen molar-refractivity contribution in [3.8, 4) is 34.1 Å². The van der Waals surface area contributed by atoms with Gasteiger partial charge in [-0.15, -0.1) is 13.2 Å². The summed E-state index contributed by atoms with van der Waals surface area (Å²) in [6.07, 6.45) is -2.97. The molecule has 1 aliphatic heterocycles. The average molecular weight is 411 g/mol. The Morgan fingerprint density at radius 1 is 0.966 bits per heavy atom. The van der Waals surface area contributed by atoms with Crippen molar-refractivity contribution in [2.24, 2.45) is 5.92 Å². The number of hydrogen-bond acceptors (Lipinski definition) is 5. The van der Waals surface area contributed by atoms with E-state index in [0.29, 0.717) is 29.2 Å². The Bertz CT molecular complexity index is 820.